The summed E-state index contributed by atoms with van der Waals surface area (Å²) in [5.74, 6) is 0. The Morgan fingerprint density at radius 3 is 2.14 bits per heavy atom. The van der Waals surface area contributed by atoms with Gasteiger partial charge in [-0.15, -0.1) is 12.4 Å². The molecule has 0 aromatic carbocycles. The molecule has 0 radical (unpaired) electrons. The van der Waals surface area contributed by atoms with Crippen LogP contribution >= 0.6 is 12.4 Å². The summed E-state index contributed by atoms with van der Waals surface area (Å²) in [5, 5.41) is 8.54. The van der Waals surface area contributed by atoms with Crippen molar-refractivity contribution in [1.82, 2.24) is 0 Å². The van der Waals surface area contributed by atoms with E-state index >= 15 is 0 Å². The third-order valence-electron chi connectivity index (χ3n) is 0.743. The van der Waals surface area contributed by atoms with E-state index in [0.29, 0.717) is 6.54 Å². The second-order valence-corrected chi connectivity index (χ2v) is 1.30. The molecule has 0 aromatic rings. The second kappa shape index (κ2) is 6.21. The minimum absolute atomic E-state index is 0. The van der Waals surface area contributed by atoms with Gasteiger partial charge in [-0.2, -0.15) is 0 Å². The van der Waals surface area contributed by atoms with Crippen LogP contribution in [0.2, 0.25) is 0 Å². The van der Waals surface area contributed by atoms with Gasteiger partial charge in [-0.1, -0.05) is 6.92 Å². The van der Waals surface area contributed by atoms with E-state index in [1.165, 1.54) is 0 Å². The number of aliphatic hydroxyl groups is 1. The first kappa shape index (κ1) is 10.2. The van der Waals surface area contributed by atoms with Crippen LogP contribution in [0.4, 0.5) is 0 Å². The van der Waals surface area contributed by atoms with Gasteiger partial charge < -0.3 is 10.8 Å². The maximum atomic E-state index is 8.54. The summed E-state index contributed by atoms with van der Waals surface area (Å²) >= 11 is 0. The summed E-state index contributed by atoms with van der Waals surface area (Å²) < 4.78 is 0. The Labute approximate surface area is 50.1 Å². The van der Waals surface area contributed by atoms with E-state index in [1.54, 1.807) is 0 Å². The van der Waals surface area contributed by atoms with Crippen LogP contribution in [-0.2, 0) is 0 Å². The summed E-state index contributed by atoms with van der Waals surface area (Å²) in [5.41, 5.74) is 5.03. The summed E-state index contributed by atoms with van der Waals surface area (Å²) in [6.45, 7) is 2.29. The van der Waals surface area contributed by atoms with Crippen LogP contribution in [-0.4, -0.2) is 17.8 Å². The highest BCUT2D eigenvalue weighted by Crippen LogP contribution is 1.81. The molecule has 1 unspecified atom stereocenters. The van der Waals surface area contributed by atoms with Crippen molar-refractivity contribution < 1.29 is 5.11 Å². The highest BCUT2D eigenvalue weighted by molar-refractivity contribution is 5.85. The van der Waals surface area contributed by atoms with Crippen molar-refractivity contribution in [3.05, 3.63) is 0 Å². The second-order valence-electron chi connectivity index (χ2n) is 1.30. The standard InChI is InChI=1S/C4H11NO.ClH/c1-2-4(6)3-5;/h4,6H,2-3,5H2,1H3;1H. The van der Waals surface area contributed by atoms with Crippen molar-refractivity contribution in [2.24, 2.45) is 5.73 Å². The molecule has 46 valence electrons. The molecular weight excluding hydrogens is 114 g/mol. The van der Waals surface area contributed by atoms with Gasteiger partial charge >= 0.3 is 0 Å². The predicted molar refractivity (Wildman–Crippen MR) is 32.6 cm³/mol. The van der Waals surface area contributed by atoms with Crippen molar-refractivity contribution in [2.45, 2.75) is 19.4 Å². The summed E-state index contributed by atoms with van der Waals surface area (Å²) in [7, 11) is 0. The van der Waals surface area contributed by atoms with Gasteiger partial charge in [-0.3, -0.25) is 0 Å². The zero-order valence-electron chi connectivity index (χ0n) is 4.42. The Hall–Kier alpha value is 0.210. The predicted octanol–water partition coefficient (Wildman–Crippen LogP) is 0.138. The van der Waals surface area contributed by atoms with Crippen molar-refractivity contribution in [3.8, 4) is 0 Å². The van der Waals surface area contributed by atoms with Crippen LogP contribution in [0.5, 0.6) is 0 Å². The van der Waals surface area contributed by atoms with Gasteiger partial charge in [0.2, 0.25) is 0 Å². The average molecular weight is 126 g/mol. The van der Waals surface area contributed by atoms with E-state index in [4.69, 9.17) is 10.8 Å². The minimum atomic E-state index is -0.287. The molecule has 2 nitrogen and oxygen atoms in total. The van der Waals surface area contributed by atoms with Crippen LogP contribution < -0.4 is 5.73 Å². The number of halogens is 1. The van der Waals surface area contributed by atoms with Crippen molar-refractivity contribution in [3.63, 3.8) is 0 Å². The highest BCUT2D eigenvalue weighted by atomic mass is 35.5. The van der Waals surface area contributed by atoms with E-state index in [2.05, 4.69) is 0 Å². The topological polar surface area (TPSA) is 46.2 Å². The molecular formula is C4H12ClNO. The fourth-order valence-corrected chi connectivity index (χ4v) is 0.167. The average Bonchev–Trinajstić information content (AvgIpc) is 1.65. The van der Waals surface area contributed by atoms with Crippen LogP contribution in [0.15, 0.2) is 0 Å². The van der Waals surface area contributed by atoms with E-state index in [0.717, 1.165) is 6.42 Å². The molecule has 0 aromatic heterocycles. The first-order valence-corrected chi connectivity index (χ1v) is 2.19. The summed E-state index contributed by atoms with van der Waals surface area (Å²) in [6, 6.07) is 0. The van der Waals surface area contributed by atoms with Gasteiger partial charge in [0.1, 0.15) is 0 Å². The number of aliphatic hydroxyl groups excluding tert-OH is 1. The molecule has 0 fully saturated rings. The monoisotopic (exact) mass is 125 g/mol. The smallest absolute Gasteiger partial charge is 0.0659 e. The Morgan fingerprint density at radius 2 is 2.14 bits per heavy atom. The van der Waals surface area contributed by atoms with Crippen LogP contribution in [0.3, 0.4) is 0 Å². The number of rotatable bonds is 2. The molecule has 1 atom stereocenters. The molecule has 0 bridgehead atoms. The Bertz CT molecular complexity index is 30.9. The van der Waals surface area contributed by atoms with Crippen molar-refractivity contribution in [1.29, 1.82) is 0 Å². The number of nitrogens with two attached hydrogens (primary N) is 1. The van der Waals surface area contributed by atoms with Crippen molar-refractivity contribution >= 4 is 12.4 Å². The molecule has 0 aliphatic carbocycles. The van der Waals surface area contributed by atoms with Crippen LogP contribution in [0.25, 0.3) is 0 Å². The molecule has 3 N–H and O–H groups in total. The molecule has 0 heterocycles. The quantitative estimate of drug-likeness (QED) is 0.552. The molecule has 0 amide bonds. The third-order valence-corrected chi connectivity index (χ3v) is 0.743. The molecule has 7 heavy (non-hydrogen) atoms. The number of hydrogen-bond acceptors (Lipinski definition) is 2. The Morgan fingerprint density at radius 1 is 1.71 bits per heavy atom. The van der Waals surface area contributed by atoms with Crippen LogP contribution in [0.1, 0.15) is 13.3 Å². The van der Waals surface area contributed by atoms with E-state index in [9.17, 15) is 0 Å². The van der Waals surface area contributed by atoms with Gasteiger partial charge in [0, 0.05) is 6.54 Å². The van der Waals surface area contributed by atoms with E-state index in [1.807, 2.05) is 6.92 Å². The van der Waals surface area contributed by atoms with Gasteiger partial charge in [0.25, 0.3) is 0 Å². The van der Waals surface area contributed by atoms with E-state index in [-0.39, 0.29) is 18.5 Å². The molecule has 3 heteroatoms. The van der Waals surface area contributed by atoms with E-state index < -0.39 is 0 Å². The lowest BCUT2D eigenvalue weighted by Crippen LogP contribution is -2.17. The fourth-order valence-electron chi connectivity index (χ4n) is 0.167. The Kier molecular flexibility index (Phi) is 9.09. The Balaban J connectivity index is 0. The van der Waals surface area contributed by atoms with Gasteiger partial charge in [-0.05, 0) is 6.42 Å². The summed E-state index contributed by atoms with van der Waals surface area (Å²) in [6.07, 6.45) is 0.473. The normalized spacial score (nSPS) is 12.4. The third kappa shape index (κ3) is 6.21. The van der Waals surface area contributed by atoms with Gasteiger partial charge in [-0.25, -0.2) is 0 Å². The lowest BCUT2D eigenvalue weighted by molar-refractivity contribution is 0.179. The maximum Gasteiger partial charge on any atom is 0.0659 e. The zero-order valence-corrected chi connectivity index (χ0v) is 5.24. The lowest BCUT2D eigenvalue weighted by Gasteiger charge is -1.98. The molecule has 0 aliphatic rings. The highest BCUT2D eigenvalue weighted by Gasteiger charge is 1.90. The maximum absolute atomic E-state index is 8.54. The van der Waals surface area contributed by atoms with Crippen molar-refractivity contribution in [2.75, 3.05) is 6.54 Å². The van der Waals surface area contributed by atoms with Gasteiger partial charge in [0.15, 0.2) is 0 Å². The minimum Gasteiger partial charge on any atom is -0.392 e. The number of hydrogen-bond donors (Lipinski definition) is 2. The molecule has 0 saturated carbocycles. The zero-order chi connectivity index (χ0) is 4.99. The molecule has 0 saturated heterocycles. The fraction of sp³-hybridized carbons (Fsp3) is 1.00. The molecule has 0 aliphatic heterocycles. The first-order chi connectivity index (χ1) is 2.81. The SMILES string of the molecule is CCC(O)CN.Cl. The molecule has 0 spiro atoms. The summed E-state index contributed by atoms with van der Waals surface area (Å²) in [4.78, 5) is 0. The van der Waals surface area contributed by atoms with Crippen LogP contribution in [0, 0.1) is 0 Å². The largest absolute Gasteiger partial charge is 0.392 e. The lowest BCUT2D eigenvalue weighted by atomic mass is 10.3. The van der Waals surface area contributed by atoms with Gasteiger partial charge in [0.05, 0.1) is 6.10 Å². The first-order valence-electron chi connectivity index (χ1n) is 2.19. The molecule has 0 rings (SSSR count).